The average molecular weight is 334 g/mol. The third-order valence-corrected chi connectivity index (χ3v) is 5.28. The quantitative estimate of drug-likeness (QED) is 0.811. The maximum absolute atomic E-state index is 9.27. The predicted molar refractivity (Wildman–Crippen MR) is 102 cm³/mol. The largest absolute Gasteiger partial charge is 0.495 e. The lowest BCUT2D eigenvalue weighted by Crippen LogP contribution is -2.20. The molecule has 0 aromatic heterocycles. The number of nitrogens with one attached hydrogen (secondary N) is 1. The fraction of sp³-hybridized carbons (Fsp3) is 0.409. The summed E-state index contributed by atoms with van der Waals surface area (Å²) in [6, 6.07) is 16.9. The minimum absolute atomic E-state index is 0.563. The maximum Gasteiger partial charge on any atom is 0.136 e. The molecule has 3 heteroatoms. The number of hydrogen-bond donors (Lipinski definition) is 1. The van der Waals surface area contributed by atoms with E-state index in [1.807, 2.05) is 12.1 Å². The fourth-order valence-corrected chi connectivity index (χ4v) is 3.78. The molecule has 0 spiro atoms. The van der Waals surface area contributed by atoms with Crippen LogP contribution in [0.3, 0.4) is 0 Å². The topological polar surface area (TPSA) is 45.0 Å². The number of ether oxygens (including phenoxy) is 1. The van der Waals surface area contributed by atoms with E-state index >= 15 is 0 Å². The molecule has 3 rings (SSSR count). The molecule has 0 unspecified atom stereocenters. The van der Waals surface area contributed by atoms with Crippen molar-refractivity contribution >= 4 is 5.69 Å². The van der Waals surface area contributed by atoms with E-state index in [1.165, 1.54) is 42.5 Å². The van der Waals surface area contributed by atoms with Crippen molar-refractivity contribution in [3.8, 4) is 11.8 Å². The molecule has 25 heavy (non-hydrogen) atoms. The standard InChI is InChI=1S/C22H26N2O/c1-16-4-3-5-21(12-16)24-15-17-6-8-18(9-7-17)19-10-11-22(25-2)20(13-19)14-23/h3-5,10-13,17-18,24H,6-9,15H2,1-2H3. The summed E-state index contributed by atoms with van der Waals surface area (Å²) in [7, 11) is 1.61. The first kappa shape index (κ1) is 17.4. The zero-order chi connectivity index (χ0) is 17.6. The maximum atomic E-state index is 9.27. The molecule has 1 saturated carbocycles. The molecule has 0 aliphatic heterocycles. The van der Waals surface area contributed by atoms with E-state index in [4.69, 9.17) is 4.74 Å². The third kappa shape index (κ3) is 4.33. The Morgan fingerprint density at radius 3 is 2.60 bits per heavy atom. The fourth-order valence-electron chi connectivity index (χ4n) is 3.78. The summed E-state index contributed by atoms with van der Waals surface area (Å²) >= 11 is 0. The lowest BCUT2D eigenvalue weighted by molar-refractivity contribution is 0.338. The molecule has 0 saturated heterocycles. The minimum Gasteiger partial charge on any atom is -0.495 e. The van der Waals surface area contributed by atoms with Crippen molar-refractivity contribution in [2.75, 3.05) is 19.0 Å². The van der Waals surface area contributed by atoms with Crippen LogP contribution >= 0.6 is 0 Å². The van der Waals surface area contributed by atoms with Crippen molar-refractivity contribution in [2.24, 2.45) is 5.92 Å². The van der Waals surface area contributed by atoms with Gasteiger partial charge in [-0.15, -0.1) is 0 Å². The van der Waals surface area contributed by atoms with Gasteiger partial charge in [0.2, 0.25) is 0 Å². The van der Waals surface area contributed by atoms with Crippen LogP contribution in [0.4, 0.5) is 5.69 Å². The Morgan fingerprint density at radius 2 is 1.92 bits per heavy atom. The summed E-state index contributed by atoms with van der Waals surface area (Å²) in [4.78, 5) is 0. The third-order valence-electron chi connectivity index (χ3n) is 5.28. The second kappa shape index (κ2) is 8.07. The molecular weight excluding hydrogens is 308 g/mol. The highest BCUT2D eigenvalue weighted by molar-refractivity contribution is 5.47. The van der Waals surface area contributed by atoms with Crippen molar-refractivity contribution in [3.63, 3.8) is 0 Å². The number of methoxy groups -OCH3 is 1. The smallest absolute Gasteiger partial charge is 0.136 e. The monoisotopic (exact) mass is 334 g/mol. The Kier molecular flexibility index (Phi) is 5.60. The van der Waals surface area contributed by atoms with Gasteiger partial charge in [0.1, 0.15) is 11.8 Å². The number of nitriles is 1. The van der Waals surface area contributed by atoms with Crippen molar-refractivity contribution in [3.05, 3.63) is 59.2 Å². The van der Waals surface area contributed by atoms with E-state index in [0.717, 1.165) is 12.5 Å². The number of rotatable bonds is 5. The highest BCUT2D eigenvalue weighted by Crippen LogP contribution is 2.37. The Labute approximate surface area is 150 Å². The van der Waals surface area contributed by atoms with Crippen LogP contribution in [0, 0.1) is 24.2 Å². The van der Waals surface area contributed by atoms with Crippen LogP contribution in [0.15, 0.2) is 42.5 Å². The molecule has 0 atom stereocenters. The van der Waals surface area contributed by atoms with Crippen LogP contribution in [0.1, 0.15) is 48.3 Å². The van der Waals surface area contributed by atoms with Gasteiger partial charge < -0.3 is 10.1 Å². The number of nitrogens with zero attached hydrogens (tertiary/aromatic N) is 1. The van der Waals surface area contributed by atoms with Gasteiger partial charge in [-0.25, -0.2) is 0 Å². The molecule has 3 nitrogen and oxygen atoms in total. The van der Waals surface area contributed by atoms with Crippen LogP contribution in [0.5, 0.6) is 5.75 Å². The van der Waals surface area contributed by atoms with E-state index in [-0.39, 0.29) is 0 Å². The second-order valence-electron chi connectivity index (χ2n) is 7.04. The number of aryl methyl sites for hydroxylation is 1. The van der Waals surface area contributed by atoms with Crippen LogP contribution in [-0.4, -0.2) is 13.7 Å². The Bertz CT molecular complexity index is 755. The normalized spacial score (nSPS) is 19.9. The zero-order valence-electron chi connectivity index (χ0n) is 15.1. The molecule has 2 aromatic carbocycles. The van der Waals surface area contributed by atoms with E-state index in [0.29, 0.717) is 17.2 Å². The number of benzene rings is 2. The lowest BCUT2D eigenvalue weighted by Gasteiger charge is -2.29. The Morgan fingerprint density at radius 1 is 1.12 bits per heavy atom. The number of hydrogen-bond acceptors (Lipinski definition) is 3. The first-order valence-electron chi connectivity index (χ1n) is 9.08. The molecule has 1 aliphatic rings. The molecule has 1 fully saturated rings. The number of anilines is 1. The van der Waals surface area contributed by atoms with Crippen LogP contribution in [-0.2, 0) is 0 Å². The van der Waals surface area contributed by atoms with Gasteiger partial charge in [-0.3, -0.25) is 0 Å². The van der Waals surface area contributed by atoms with Gasteiger partial charge in [0.15, 0.2) is 0 Å². The average Bonchev–Trinajstić information content (AvgIpc) is 2.66. The van der Waals surface area contributed by atoms with E-state index in [9.17, 15) is 5.26 Å². The molecular formula is C22H26N2O. The van der Waals surface area contributed by atoms with Crippen molar-refractivity contribution in [1.82, 2.24) is 0 Å². The predicted octanol–water partition coefficient (Wildman–Crippen LogP) is 5.26. The molecule has 1 aliphatic carbocycles. The molecule has 0 radical (unpaired) electrons. The first-order valence-corrected chi connectivity index (χ1v) is 9.08. The van der Waals surface area contributed by atoms with Gasteiger partial charge in [0, 0.05) is 12.2 Å². The summed E-state index contributed by atoms with van der Waals surface area (Å²) in [5, 5.41) is 12.9. The Balaban J connectivity index is 1.54. The SMILES string of the molecule is COc1ccc(C2CCC(CNc3cccc(C)c3)CC2)cc1C#N. The van der Waals surface area contributed by atoms with Gasteiger partial charge in [0.25, 0.3) is 0 Å². The van der Waals surface area contributed by atoms with E-state index in [1.54, 1.807) is 7.11 Å². The summed E-state index contributed by atoms with van der Waals surface area (Å²) in [6.07, 6.45) is 4.85. The van der Waals surface area contributed by atoms with Gasteiger partial charge in [0.05, 0.1) is 12.7 Å². The first-order chi connectivity index (χ1) is 12.2. The summed E-state index contributed by atoms with van der Waals surface area (Å²) in [6.45, 7) is 3.17. The van der Waals surface area contributed by atoms with Crippen LogP contribution in [0.2, 0.25) is 0 Å². The van der Waals surface area contributed by atoms with Crippen molar-refractivity contribution in [1.29, 1.82) is 5.26 Å². The van der Waals surface area contributed by atoms with Gasteiger partial charge in [-0.05, 0) is 79.8 Å². The summed E-state index contributed by atoms with van der Waals surface area (Å²) in [5.74, 6) is 1.96. The molecule has 130 valence electrons. The van der Waals surface area contributed by atoms with Gasteiger partial charge in [-0.2, -0.15) is 5.26 Å². The highest BCUT2D eigenvalue weighted by Gasteiger charge is 2.23. The van der Waals surface area contributed by atoms with E-state index < -0.39 is 0 Å². The lowest BCUT2D eigenvalue weighted by atomic mass is 9.78. The molecule has 0 amide bonds. The Hall–Kier alpha value is -2.47. The molecule has 0 bridgehead atoms. The van der Waals surface area contributed by atoms with Gasteiger partial charge in [-0.1, -0.05) is 18.2 Å². The highest BCUT2D eigenvalue weighted by atomic mass is 16.5. The van der Waals surface area contributed by atoms with Crippen LogP contribution in [0.25, 0.3) is 0 Å². The second-order valence-corrected chi connectivity index (χ2v) is 7.04. The van der Waals surface area contributed by atoms with Crippen molar-refractivity contribution < 1.29 is 4.74 Å². The van der Waals surface area contributed by atoms with Crippen LogP contribution < -0.4 is 10.1 Å². The van der Waals surface area contributed by atoms with Crippen molar-refractivity contribution in [2.45, 2.75) is 38.5 Å². The minimum atomic E-state index is 0.563. The zero-order valence-corrected chi connectivity index (χ0v) is 15.1. The van der Waals surface area contributed by atoms with E-state index in [2.05, 4.69) is 48.6 Å². The summed E-state index contributed by atoms with van der Waals surface area (Å²) in [5.41, 5.74) is 4.43. The molecule has 0 heterocycles. The molecule has 2 aromatic rings. The molecule has 1 N–H and O–H groups in total. The van der Waals surface area contributed by atoms with Gasteiger partial charge >= 0.3 is 0 Å². The summed E-state index contributed by atoms with van der Waals surface area (Å²) < 4.78 is 5.25.